The van der Waals surface area contributed by atoms with Gasteiger partial charge in [0.05, 0.1) is 6.54 Å². The van der Waals surface area contributed by atoms with Gasteiger partial charge in [0.2, 0.25) is 0 Å². The predicted octanol–water partition coefficient (Wildman–Crippen LogP) is 2.71. The topological polar surface area (TPSA) is 29.3 Å². The highest BCUT2D eigenvalue weighted by molar-refractivity contribution is 5.19. The minimum Gasteiger partial charge on any atom is -0.324 e. The van der Waals surface area contributed by atoms with Gasteiger partial charge in [-0.1, -0.05) is 12.1 Å². The molecule has 1 aromatic carbocycles. The first-order valence-electron chi connectivity index (χ1n) is 5.54. The molecule has 0 aromatic heterocycles. The minimum atomic E-state index is -4.20. The van der Waals surface area contributed by atoms with E-state index in [-0.39, 0.29) is 18.4 Å². The number of benzene rings is 1. The molecule has 0 saturated heterocycles. The molecule has 2 nitrogen and oxygen atoms in total. The number of rotatable bonds is 5. The lowest BCUT2D eigenvalue weighted by Crippen LogP contribution is -2.33. The Morgan fingerprint density at radius 2 is 1.78 bits per heavy atom. The number of halogens is 4. The Labute approximate surface area is 103 Å². The Morgan fingerprint density at radius 1 is 1.22 bits per heavy atom. The second kappa shape index (κ2) is 6.15. The third kappa shape index (κ3) is 5.46. The molecule has 0 amide bonds. The number of alkyl halides is 3. The summed E-state index contributed by atoms with van der Waals surface area (Å²) in [7, 11) is 1.39. The summed E-state index contributed by atoms with van der Waals surface area (Å²) in [6, 6.07) is 5.28. The maximum Gasteiger partial charge on any atom is 0.401 e. The van der Waals surface area contributed by atoms with E-state index in [2.05, 4.69) is 0 Å². The third-order valence-corrected chi connectivity index (χ3v) is 2.57. The maximum absolute atomic E-state index is 12.7. The molecule has 0 radical (unpaired) electrons. The molecule has 0 fully saturated rings. The lowest BCUT2D eigenvalue weighted by atomic mass is 10.0. The Morgan fingerprint density at radius 3 is 2.28 bits per heavy atom. The summed E-state index contributed by atoms with van der Waals surface area (Å²) in [5.74, 6) is -0.361. The van der Waals surface area contributed by atoms with E-state index in [4.69, 9.17) is 5.73 Å². The average molecular weight is 264 g/mol. The largest absolute Gasteiger partial charge is 0.401 e. The van der Waals surface area contributed by atoms with E-state index in [0.29, 0.717) is 6.42 Å². The molecule has 0 aliphatic heterocycles. The quantitative estimate of drug-likeness (QED) is 0.828. The fraction of sp³-hybridized carbons (Fsp3) is 0.500. The van der Waals surface area contributed by atoms with Gasteiger partial charge in [-0.05, 0) is 37.7 Å². The second-order valence-corrected chi connectivity index (χ2v) is 4.30. The molecule has 2 N–H and O–H groups in total. The van der Waals surface area contributed by atoms with E-state index < -0.39 is 12.7 Å². The molecular formula is C12H16F4N2. The molecule has 0 aliphatic rings. The molecule has 1 aromatic rings. The molecule has 1 atom stereocenters. The monoisotopic (exact) mass is 264 g/mol. The lowest BCUT2D eigenvalue weighted by molar-refractivity contribution is -0.143. The summed E-state index contributed by atoms with van der Waals surface area (Å²) in [5.41, 5.74) is 6.55. The standard InChI is InChI=1S/C12H16F4N2/c1-18(8-12(14,15)16)7-6-11(17)9-2-4-10(13)5-3-9/h2-5,11H,6-8,17H2,1H3. The zero-order chi connectivity index (χ0) is 13.8. The molecule has 0 heterocycles. The van der Waals surface area contributed by atoms with Crippen LogP contribution in [0.25, 0.3) is 0 Å². The van der Waals surface area contributed by atoms with Crippen LogP contribution in [0.4, 0.5) is 17.6 Å². The fourth-order valence-corrected chi connectivity index (χ4v) is 1.62. The zero-order valence-electron chi connectivity index (χ0n) is 10.0. The molecule has 0 saturated carbocycles. The zero-order valence-corrected chi connectivity index (χ0v) is 10.0. The van der Waals surface area contributed by atoms with Crippen molar-refractivity contribution in [2.24, 2.45) is 5.73 Å². The molecule has 0 aliphatic carbocycles. The Balaban J connectivity index is 2.41. The van der Waals surface area contributed by atoms with Gasteiger partial charge in [0.15, 0.2) is 0 Å². The van der Waals surface area contributed by atoms with Crippen LogP contribution in [0.15, 0.2) is 24.3 Å². The highest BCUT2D eigenvalue weighted by atomic mass is 19.4. The summed E-state index contributed by atoms with van der Waals surface area (Å²) in [6.45, 7) is -0.721. The molecule has 102 valence electrons. The van der Waals surface area contributed by atoms with E-state index >= 15 is 0 Å². The van der Waals surface area contributed by atoms with Crippen molar-refractivity contribution in [2.45, 2.75) is 18.6 Å². The molecule has 6 heteroatoms. The third-order valence-electron chi connectivity index (χ3n) is 2.57. The van der Waals surface area contributed by atoms with E-state index in [1.165, 1.54) is 24.1 Å². The lowest BCUT2D eigenvalue weighted by Gasteiger charge is -2.20. The molecular weight excluding hydrogens is 248 g/mol. The summed E-state index contributed by atoms with van der Waals surface area (Å²) >= 11 is 0. The van der Waals surface area contributed by atoms with Crippen LogP contribution in [0.3, 0.4) is 0 Å². The molecule has 1 rings (SSSR count). The first-order valence-corrected chi connectivity index (χ1v) is 5.54. The Bertz CT molecular complexity index is 361. The Kier molecular flexibility index (Phi) is 5.10. The van der Waals surface area contributed by atoms with E-state index in [0.717, 1.165) is 5.56 Å². The SMILES string of the molecule is CN(CCC(N)c1ccc(F)cc1)CC(F)(F)F. The predicted molar refractivity (Wildman–Crippen MR) is 61.5 cm³/mol. The van der Waals surface area contributed by atoms with Crippen molar-refractivity contribution in [1.82, 2.24) is 4.90 Å². The van der Waals surface area contributed by atoms with Crippen LogP contribution >= 0.6 is 0 Å². The maximum atomic E-state index is 12.7. The van der Waals surface area contributed by atoms with Crippen LogP contribution in [0.2, 0.25) is 0 Å². The van der Waals surface area contributed by atoms with Crippen LogP contribution in [-0.4, -0.2) is 31.2 Å². The van der Waals surface area contributed by atoms with Crippen LogP contribution in [0.5, 0.6) is 0 Å². The van der Waals surface area contributed by atoms with Gasteiger partial charge in [-0.3, -0.25) is 4.90 Å². The summed E-state index contributed by atoms with van der Waals surface area (Å²) in [5, 5.41) is 0. The van der Waals surface area contributed by atoms with Crippen molar-refractivity contribution in [2.75, 3.05) is 20.1 Å². The number of nitrogens with zero attached hydrogens (tertiary/aromatic N) is 1. The van der Waals surface area contributed by atoms with Gasteiger partial charge in [-0.15, -0.1) is 0 Å². The highest BCUT2D eigenvalue weighted by Crippen LogP contribution is 2.18. The minimum absolute atomic E-state index is 0.234. The van der Waals surface area contributed by atoms with E-state index in [1.54, 1.807) is 12.1 Å². The molecule has 0 bridgehead atoms. The van der Waals surface area contributed by atoms with Gasteiger partial charge in [0, 0.05) is 6.04 Å². The smallest absolute Gasteiger partial charge is 0.324 e. The van der Waals surface area contributed by atoms with Gasteiger partial charge in [0.1, 0.15) is 5.82 Å². The van der Waals surface area contributed by atoms with Crippen molar-refractivity contribution in [3.8, 4) is 0 Å². The molecule has 18 heavy (non-hydrogen) atoms. The van der Waals surface area contributed by atoms with E-state index in [1.807, 2.05) is 0 Å². The van der Waals surface area contributed by atoms with Crippen molar-refractivity contribution in [3.05, 3.63) is 35.6 Å². The van der Waals surface area contributed by atoms with Crippen molar-refractivity contribution < 1.29 is 17.6 Å². The number of hydrogen-bond acceptors (Lipinski definition) is 2. The fourth-order valence-electron chi connectivity index (χ4n) is 1.62. The van der Waals surface area contributed by atoms with Crippen LogP contribution in [0, 0.1) is 5.82 Å². The van der Waals surface area contributed by atoms with Gasteiger partial charge >= 0.3 is 6.18 Å². The van der Waals surface area contributed by atoms with Gasteiger partial charge in [-0.25, -0.2) is 4.39 Å². The summed E-state index contributed by atoms with van der Waals surface area (Å²) < 4.78 is 48.9. The van der Waals surface area contributed by atoms with Crippen molar-refractivity contribution in [1.29, 1.82) is 0 Å². The van der Waals surface area contributed by atoms with Crippen LogP contribution in [0.1, 0.15) is 18.0 Å². The van der Waals surface area contributed by atoms with Crippen LogP contribution in [-0.2, 0) is 0 Å². The van der Waals surface area contributed by atoms with E-state index in [9.17, 15) is 17.6 Å². The average Bonchev–Trinajstić information content (AvgIpc) is 2.24. The van der Waals surface area contributed by atoms with Crippen molar-refractivity contribution >= 4 is 0 Å². The normalized spacial score (nSPS) is 13.9. The van der Waals surface area contributed by atoms with Crippen LogP contribution < -0.4 is 5.73 Å². The number of nitrogens with two attached hydrogens (primary N) is 1. The Hall–Kier alpha value is -1.14. The van der Waals surface area contributed by atoms with Crippen molar-refractivity contribution in [3.63, 3.8) is 0 Å². The summed E-state index contributed by atoms with van der Waals surface area (Å²) in [6.07, 6.45) is -3.81. The summed E-state index contributed by atoms with van der Waals surface area (Å²) in [4.78, 5) is 1.17. The second-order valence-electron chi connectivity index (χ2n) is 4.30. The first-order chi connectivity index (χ1) is 8.28. The van der Waals surface area contributed by atoms with Gasteiger partial charge < -0.3 is 5.73 Å². The molecule has 1 unspecified atom stereocenters. The van der Waals surface area contributed by atoms with Gasteiger partial charge in [0.25, 0.3) is 0 Å². The number of hydrogen-bond donors (Lipinski definition) is 1. The molecule has 0 spiro atoms. The first kappa shape index (κ1) is 14.9. The highest BCUT2D eigenvalue weighted by Gasteiger charge is 2.29. The van der Waals surface area contributed by atoms with Gasteiger partial charge in [-0.2, -0.15) is 13.2 Å².